The van der Waals surface area contributed by atoms with Crippen molar-refractivity contribution in [3.05, 3.63) is 10.4 Å². The molecule has 2 heterocycles. The van der Waals surface area contributed by atoms with Crippen molar-refractivity contribution in [2.75, 3.05) is 5.01 Å². The molecule has 0 spiro atoms. The molecule has 104 valence electrons. The van der Waals surface area contributed by atoms with E-state index in [0.29, 0.717) is 15.7 Å². The Morgan fingerprint density at radius 2 is 1.95 bits per heavy atom. The van der Waals surface area contributed by atoms with E-state index in [-0.39, 0.29) is 5.92 Å². The van der Waals surface area contributed by atoms with Crippen molar-refractivity contribution in [3.8, 4) is 0 Å². The third kappa shape index (κ3) is 1.91. The summed E-state index contributed by atoms with van der Waals surface area (Å²) >= 11 is 1.43. The first kappa shape index (κ1) is 13.1. The van der Waals surface area contributed by atoms with Gasteiger partial charge in [-0.3, -0.25) is 5.01 Å². The van der Waals surface area contributed by atoms with Crippen molar-refractivity contribution < 1.29 is 8.42 Å². The normalized spacial score (nSPS) is 22.5. The van der Waals surface area contributed by atoms with Gasteiger partial charge in [-0.1, -0.05) is 12.8 Å². The molecule has 1 aromatic heterocycles. The number of hydrogen-bond acceptors (Lipinski definition) is 5. The monoisotopic (exact) mass is 299 g/mol. The van der Waals surface area contributed by atoms with E-state index in [1.807, 2.05) is 13.8 Å². The number of nitrogens with zero attached hydrogens (tertiary/aromatic N) is 2. The zero-order chi connectivity index (χ0) is 13.8. The zero-order valence-corrected chi connectivity index (χ0v) is 12.6. The third-order valence-corrected chi connectivity index (χ3v) is 6.75. The van der Waals surface area contributed by atoms with E-state index < -0.39 is 10.0 Å². The maximum Gasteiger partial charge on any atom is 0.287 e. The predicted molar refractivity (Wildman–Crippen MR) is 77.0 cm³/mol. The van der Waals surface area contributed by atoms with E-state index in [1.54, 1.807) is 0 Å². The van der Waals surface area contributed by atoms with Crippen LogP contribution >= 0.6 is 11.3 Å². The molecule has 0 saturated heterocycles. The number of rotatable bonds is 1. The van der Waals surface area contributed by atoms with Gasteiger partial charge < -0.3 is 0 Å². The minimum atomic E-state index is -3.59. The summed E-state index contributed by atoms with van der Waals surface area (Å²) in [5, 5.41) is 2.11. The molecule has 0 atom stereocenters. The summed E-state index contributed by atoms with van der Waals surface area (Å²) in [5.74, 6) is 6.82. The van der Waals surface area contributed by atoms with Crippen LogP contribution in [0.15, 0.2) is 9.29 Å². The topological polar surface area (TPSA) is 75.8 Å². The van der Waals surface area contributed by atoms with E-state index in [0.717, 1.165) is 36.1 Å². The highest BCUT2D eigenvalue weighted by Gasteiger charge is 2.37. The van der Waals surface area contributed by atoms with Crippen molar-refractivity contribution in [2.24, 2.45) is 16.2 Å². The summed E-state index contributed by atoms with van der Waals surface area (Å²) in [6, 6.07) is 0. The fourth-order valence-corrected chi connectivity index (χ4v) is 5.74. The summed E-state index contributed by atoms with van der Waals surface area (Å²) in [7, 11) is -3.59. The van der Waals surface area contributed by atoms with E-state index in [4.69, 9.17) is 5.84 Å². The quantitative estimate of drug-likeness (QED) is 0.808. The maximum atomic E-state index is 12.4. The summed E-state index contributed by atoms with van der Waals surface area (Å²) < 4.78 is 28.7. The number of hydrogen-bond donors (Lipinski definition) is 1. The molecular weight excluding hydrogens is 282 g/mol. The fourth-order valence-electron chi connectivity index (χ4n) is 2.82. The van der Waals surface area contributed by atoms with Crippen LogP contribution in [0.3, 0.4) is 0 Å². The van der Waals surface area contributed by atoms with Crippen molar-refractivity contribution in [1.82, 2.24) is 0 Å². The summed E-state index contributed by atoms with van der Waals surface area (Å²) in [5.41, 5.74) is 0.768. The van der Waals surface area contributed by atoms with Gasteiger partial charge in [0.2, 0.25) is 0 Å². The first-order valence-electron chi connectivity index (χ1n) is 6.41. The standard InChI is InChI=1S/C12H17N3O2S2/c1-7-8(2)18-12-10(7)19(16,17)14-11(15(12)13)9-5-3-4-6-9/h9H,3-6,13H2,1-2H3. The molecule has 0 aromatic carbocycles. The number of nitrogens with two attached hydrogens (primary N) is 1. The zero-order valence-electron chi connectivity index (χ0n) is 11.0. The second kappa shape index (κ2) is 4.29. The minimum absolute atomic E-state index is 0.177. The second-order valence-corrected chi connectivity index (χ2v) is 7.94. The smallest absolute Gasteiger partial charge is 0.253 e. The Labute approximate surface area is 117 Å². The Kier molecular flexibility index (Phi) is 2.95. The molecule has 0 amide bonds. The molecule has 0 unspecified atom stereocenters. The Morgan fingerprint density at radius 1 is 1.32 bits per heavy atom. The number of fused-ring (bicyclic) bond motifs is 1. The Morgan fingerprint density at radius 3 is 2.58 bits per heavy atom. The molecule has 19 heavy (non-hydrogen) atoms. The van der Waals surface area contributed by atoms with E-state index in [9.17, 15) is 8.42 Å². The molecule has 1 saturated carbocycles. The minimum Gasteiger partial charge on any atom is -0.253 e. The molecular formula is C12H17N3O2S2. The molecule has 1 aromatic rings. The number of thiophene rings is 1. The number of aryl methyl sites for hydroxylation is 1. The van der Waals surface area contributed by atoms with Crippen molar-refractivity contribution >= 4 is 32.2 Å². The SMILES string of the molecule is Cc1sc2c(c1C)S(=O)(=O)N=C(C1CCCC1)N2N. The lowest BCUT2D eigenvalue weighted by molar-refractivity contribution is 0.594. The van der Waals surface area contributed by atoms with Gasteiger partial charge in [0.05, 0.1) is 0 Å². The molecule has 2 aliphatic rings. The van der Waals surface area contributed by atoms with Crippen LogP contribution in [0.4, 0.5) is 5.00 Å². The highest BCUT2D eigenvalue weighted by Crippen LogP contribution is 2.43. The Hall–Kier alpha value is -0.920. The van der Waals surface area contributed by atoms with Gasteiger partial charge in [0.15, 0.2) is 0 Å². The first-order valence-corrected chi connectivity index (χ1v) is 8.67. The highest BCUT2D eigenvalue weighted by atomic mass is 32.2. The average Bonchev–Trinajstić information content (AvgIpc) is 2.94. The van der Waals surface area contributed by atoms with Crippen molar-refractivity contribution in [3.63, 3.8) is 0 Å². The molecule has 1 aliphatic heterocycles. The molecule has 0 radical (unpaired) electrons. The van der Waals surface area contributed by atoms with Gasteiger partial charge in [0.1, 0.15) is 15.7 Å². The van der Waals surface area contributed by atoms with Crippen LogP contribution in [0, 0.1) is 19.8 Å². The molecule has 1 fully saturated rings. The van der Waals surface area contributed by atoms with Crippen LogP contribution < -0.4 is 10.9 Å². The van der Waals surface area contributed by atoms with Gasteiger partial charge in [-0.15, -0.1) is 15.7 Å². The number of hydrazine groups is 1. The molecule has 2 N–H and O–H groups in total. The highest BCUT2D eigenvalue weighted by molar-refractivity contribution is 7.90. The van der Waals surface area contributed by atoms with E-state index in [1.165, 1.54) is 16.3 Å². The number of anilines is 1. The van der Waals surface area contributed by atoms with E-state index in [2.05, 4.69) is 4.40 Å². The molecule has 3 rings (SSSR count). The van der Waals surface area contributed by atoms with Crippen LogP contribution in [0.25, 0.3) is 0 Å². The van der Waals surface area contributed by atoms with Crippen LogP contribution in [0.5, 0.6) is 0 Å². The Balaban J connectivity index is 2.15. The summed E-state index contributed by atoms with van der Waals surface area (Å²) in [6.45, 7) is 3.73. The van der Waals surface area contributed by atoms with Crippen LogP contribution in [-0.4, -0.2) is 14.3 Å². The first-order chi connectivity index (χ1) is 8.92. The van der Waals surface area contributed by atoms with Crippen LogP contribution in [0.1, 0.15) is 36.1 Å². The van der Waals surface area contributed by atoms with Gasteiger partial charge in [-0.05, 0) is 32.3 Å². The summed E-state index contributed by atoms with van der Waals surface area (Å²) in [6.07, 6.45) is 4.18. The second-order valence-electron chi connectivity index (χ2n) is 5.19. The maximum absolute atomic E-state index is 12.4. The Bertz CT molecular complexity index is 655. The number of sulfonamides is 1. The molecule has 0 bridgehead atoms. The van der Waals surface area contributed by atoms with Gasteiger partial charge in [0.25, 0.3) is 10.0 Å². The largest absolute Gasteiger partial charge is 0.287 e. The lowest BCUT2D eigenvalue weighted by Crippen LogP contribution is -2.44. The lowest BCUT2D eigenvalue weighted by Gasteiger charge is -2.27. The van der Waals surface area contributed by atoms with Crippen molar-refractivity contribution in [2.45, 2.75) is 44.4 Å². The molecule has 7 heteroatoms. The molecule has 5 nitrogen and oxygen atoms in total. The van der Waals surface area contributed by atoms with E-state index >= 15 is 0 Å². The van der Waals surface area contributed by atoms with Gasteiger partial charge in [-0.25, -0.2) is 5.84 Å². The lowest BCUT2D eigenvalue weighted by atomic mass is 10.1. The van der Waals surface area contributed by atoms with Crippen LogP contribution in [0.2, 0.25) is 0 Å². The van der Waals surface area contributed by atoms with Gasteiger partial charge in [0, 0.05) is 10.8 Å². The molecule has 1 aliphatic carbocycles. The third-order valence-electron chi connectivity index (χ3n) is 3.97. The predicted octanol–water partition coefficient (Wildman–Crippen LogP) is 2.34. The van der Waals surface area contributed by atoms with Crippen molar-refractivity contribution in [1.29, 1.82) is 0 Å². The van der Waals surface area contributed by atoms with Gasteiger partial charge in [-0.2, -0.15) is 8.42 Å². The summed E-state index contributed by atoms with van der Waals surface area (Å²) in [4.78, 5) is 1.27. The van der Waals surface area contributed by atoms with Crippen LogP contribution in [-0.2, 0) is 10.0 Å². The average molecular weight is 299 g/mol. The number of amidine groups is 1. The fraction of sp³-hybridized carbons (Fsp3) is 0.583. The van der Waals surface area contributed by atoms with Gasteiger partial charge >= 0.3 is 0 Å².